The Morgan fingerprint density at radius 3 is 2.44 bits per heavy atom. The topological polar surface area (TPSA) is 64.3 Å². The largest absolute Gasteiger partial charge is 0.497 e. The SMILES string of the molecule is CCc1cc(N[C@H](c2ccncc2)c2ccc(OC)cc2)n2nccc2n1. The van der Waals surface area contributed by atoms with Gasteiger partial charge in [0, 0.05) is 30.2 Å². The molecule has 0 bridgehead atoms. The first-order valence-electron chi connectivity index (χ1n) is 8.92. The molecular formula is C21H21N5O. The zero-order valence-electron chi connectivity index (χ0n) is 15.3. The molecule has 6 nitrogen and oxygen atoms in total. The van der Waals surface area contributed by atoms with Gasteiger partial charge in [0.25, 0.3) is 0 Å². The lowest BCUT2D eigenvalue weighted by Gasteiger charge is -2.22. The van der Waals surface area contributed by atoms with Crippen LogP contribution in [0.5, 0.6) is 5.75 Å². The van der Waals surface area contributed by atoms with E-state index in [2.05, 4.69) is 45.5 Å². The van der Waals surface area contributed by atoms with Crippen LogP contribution in [0.2, 0.25) is 0 Å². The summed E-state index contributed by atoms with van der Waals surface area (Å²) in [7, 11) is 1.67. The van der Waals surface area contributed by atoms with Crippen LogP contribution in [0.3, 0.4) is 0 Å². The Balaban J connectivity index is 1.79. The molecule has 0 radical (unpaired) electrons. The molecule has 1 aromatic carbocycles. The van der Waals surface area contributed by atoms with Crippen molar-refractivity contribution in [2.75, 3.05) is 12.4 Å². The summed E-state index contributed by atoms with van der Waals surface area (Å²) in [6.45, 7) is 2.10. The number of nitrogens with one attached hydrogen (secondary N) is 1. The molecule has 0 spiro atoms. The number of rotatable bonds is 6. The van der Waals surface area contributed by atoms with Crippen molar-refractivity contribution in [3.63, 3.8) is 0 Å². The summed E-state index contributed by atoms with van der Waals surface area (Å²) >= 11 is 0. The van der Waals surface area contributed by atoms with E-state index in [-0.39, 0.29) is 6.04 Å². The van der Waals surface area contributed by atoms with Crippen LogP contribution in [0.1, 0.15) is 29.8 Å². The fourth-order valence-electron chi connectivity index (χ4n) is 3.11. The third-order valence-corrected chi connectivity index (χ3v) is 4.56. The molecule has 0 saturated heterocycles. The Kier molecular flexibility index (Phi) is 4.70. The number of methoxy groups -OCH3 is 1. The smallest absolute Gasteiger partial charge is 0.157 e. The quantitative estimate of drug-likeness (QED) is 0.566. The molecule has 0 aliphatic heterocycles. The van der Waals surface area contributed by atoms with Crippen molar-refractivity contribution in [2.45, 2.75) is 19.4 Å². The van der Waals surface area contributed by atoms with Gasteiger partial charge in [-0.25, -0.2) is 4.98 Å². The average Bonchev–Trinajstić information content (AvgIpc) is 3.21. The first-order valence-corrected chi connectivity index (χ1v) is 8.92. The number of hydrogen-bond donors (Lipinski definition) is 1. The molecule has 1 N–H and O–H groups in total. The summed E-state index contributed by atoms with van der Waals surface area (Å²) in [5.74, 6) is 1.73. The molecule has 3 aromatic heterocycles. The highest BCUT2D eigenvalue weighted by Crippen LogP contribution is 2.28. The number of anilines is 1. The van der Waals surface area contributed by atoms with Crippen molar-refractivity contribution in [3.8, 4) is 5.75 Å². The van der Waals surface area contributed by atoms with E-state index in [1.54, 1.807) is 25.7 Å². The number of ether oxygens (including phenoxy) is 1. The van der Waals surface area contributed by atoms with Crippen LogP contribution in [0.4, 0.5) is 5.82 Å². The van der Waals surface area contributed by atoms with Crippen LogP contribution in [0.25, 0.3) is 5.65 Å². The standard InChI is InChI=1S/C21H21N5O/c1-3-17-14-20(26-19(24-17)10-13-23-26)25-21(16-8-11-22-12-9-16)15-4-6-18(27-2)7-5-15/h4-14,21,25H,3H2,1-2H3/t21-/m0/s1. The van der Waals surface area contributed by atoms with Crippen LogP contribution in [0.15, 0.2) is 67.1 Å². The zero-order chi connectivity index (χ0) is 18.6. The first kappa shape index (κ1) is 17.0. The molecule has 0 saturated carbocycles. The zero-order valence-corrected chi connectivity index (χ0v) is 15.3. The van der Waals surface area contributed by atoms with E-state index in [4.69, 9.17) is 4.74 Å². The summed E-state index contributed by atoms with van der Waals surface area (Å²) in [5.41, 5.74) is 4.09. The van der Waals surface area contributed by atoms with Gasteiger partial charge in [-0.1, -0.05) is 19.1 Å². The van der Waals surface area contributed by atoms with Crippen molar-refractivity contribution >= 4 is 11.5 Å². The summed E-state index contributed by atoms with van der Waals surface area (Å²) in [4.78, 5) is 8.77. The highest BCUT2D eigenvalue weighted by atomic mass is 16.5. The first-order chi connectivity index (χ1) is 13.3. The molecule has 0 fully saturated rings. The number of hydrogen-bond acceptors (Lipinski definition) is 5. The van der Waals surface area contributed by atoms with Crippen molar-refractivity contribution in [1.29, 1.82) is 0 Å². The van der Waals surface area contributed by atoms with Gasteiger partial charge in [-0.3, -0.25) is 4.98 Å². The van der Waals surface area contributed by atoms with E-state index in [9.17, 15) is 0 Å². The molecule has 0 aliphatic rings. The van der Waals surface area contributed by atoms with Gasteiger partial charge in [-0.2, -0.15) is 9.61 Å². The van der Waals surface area contributed by atoms with Crippen LogP contribution in [-0.2, 0) is 6.42 Å². The Bertz CT molecular complexity index is 1030. The number of nitrogens with zero attached hydrogens (tertiary/aromatic N) is 4. The molecule has 0 aliphatic carbocycles. The van der Waals surface area contributed by atoms with Gasteiger partial charge >= 0.3 is 0 Å². The fourth-order valence-corrected chi connectivity index (χ4v) is 3.11. The Hall–Kier alpha value is -3.41. The lowest BCUT2D eigenvalue weighted by Crippen LogP contribution is -2.16. The number of aryl methyl sites for hydroxylation is 1. The highest BCUT2D eigenvalue weighted by molar-refractivity contribution is 5.52. The number of benzene rings is 1. The van der Waals surface area contributed by atoms with Gasteiger partial charge in [0.2, 0.25) is 0 Å². The Morgan fingerprint density at radius 1 is 1.00 bits per heavy atom. The molecular weight excluding hydrogens is 338 g/mol. The third-order valence-electron chi connectivity index (χ3n) is 4.56. The molecule has 6 heteroatoms. The Morgan fingerprint density at radius 2 is 1.74 bits per heavy atom. The van der Waals surface area contributed by atoms with Gasteiger partial charge in [0.05, 0.1) is 19.3 Å². The second-order valence-corrected chi connectivity index (χ2v) is 6.22. The molecule has 27 heavy (non-hydrogen) atoms. The summed E-state index contributed by atoms with van der Waals surface area (Å²) in [6, 6.07) is 16.0. The monoisotopic (exact) mass is 359 g/mol. The van der Waals surface area contributed by atoms with Gasteiger partial charge in [0.15, 0.2) is 5.65 Å². The van der Waals surface area contributed by atoms with E-state index in [0.717, 1.165) is 40.5 Å². The van der Waals surface area contributed by atoms with Gasteiger partial charge in [0.1, 0.15) is 11.6 Å². The summed E-state index contributed by atoms with van der Waals surface area (Å²) < 4.78 is 7.13. The van der Waals surface area contributed by atoms with E-state index in [1.165, 1.54) is 0 Å². The molecule has 136 valence electrons. The molecule has 4 rings (SSSR count). The second kappa shape index (κ2) is 7.45. The normalized spacial score (nSPS) is 12.1. The lowest BCUT2D eigenvalue weighted by atomic mass is 9.99. The van der Waals surface area contributed by atoms with Gasteiger partial charge in [-0.15, -0.1) is 0 Å². The molecule has 4 aromatic rings. The Labute approximate surface area is 157 Å². The van der Waals surface area contributed by atoms with Crippen molar-refractivity contribution in [2.24, 2.45) is 0 Å². The molecule has 3 heterocycles. The minimum atomic E-state index is -0.0570. The van der Waals surface area contributed by atoms with Gasteiger partial charge < -0.3 is 10.1 Å². The second-order valence-electron chi connectivity index (χ2n) is 6.22. The van der Waals surface area contributed by atoms with Crippen LogP contribution >= 0.6 is 0 Å². The highest BCUT2D eigenvalue weighted by Gasteiger charge is 2.17. The van der Waals surface area contributed by atoms with Crippen LogP contribution < -0.4 is 10.1 Å². The van der Waals surface area contributed by atoms with E-state index < -0.39 is 0 Å². The molecule has 0 amide bonds. The predicted octanol–water partition coefficient (Wildman–Crippen LogP) is 3.90. The van der Waals surface area contributed by atoms with Crippen molar-refractivity contribution in [1.82, 2.24) is 19.6 Å². The number of fused-ring (bicyclic) bond motifs is 1. The maximum atomic E-state index is 5.30. The molecule has 1 atom stereocenters. The van der Waals surface area contributed by atoms with Crippen LogP contribution in [0, 0.1) is 0 Å². The minimum absolute atomic E-state index is 0.0570. The van der Waals surface area contributed by atoms with E-state index in [0.29, 0.717) is 0 Å². The van der Waals surface area contributed by atoms with Crippen molar-refractivity contribution in [3.05, 3.63) is 83.9 Å². The van der Waals surface area contributed by atoms with Crippen LogP contribution in [-0.4, -0.2) is 26.7 Å². The average molecular weight is 359 g/mol. The minimum Gasteiger partial charge on any atom is -0.497 e. The third kappa shape index (κ3) is 3.46. The number of pyridine rings is 1. The van der Waals surface area contributed by atoms with Gasteiger partial charge in [-0.05, 0) is 41.8 Å². The van der Waals surface area contributed by atoms with E-state index in [1.807, 2.05) is 34.8 Å². The fraction of sp³-hybridized carbons (Fsp3) is 0.190. The maximum Gasteiger partial charge on any atom is 0.157 e. The maximum absolute atomic E-state index is 5.30. The van der Waals surface area contributed by atoms with Crippen molar-refractivity contribution < 1.29 is 4.74 Å². The lowest BCUT2D eigenvalue weighted by molar-refractivity contribution is 0.414. The van der Waals surface area contributed by atoms with E-state index >= 15 is 0 Å². The predicted molar refractivity (Wildman–Crippen MR) is 105 cm³/mol. The summed E-state index contributed by atoms with van der Waals surface area (Å²) in [6.07, 6.45) is 6.24. The summed E-state index contributed by atoms with van der Waals surface area (Å²) in [5, 5.41) is 8.07. The molecule has 0 unspecified atom stereocenters. The number of aromatic nitrogens is 4.